The molecule has 0 unspecified atom stereocenters. The van der Waals surface area contributed by atoms with Crippen LogP contribution in [0.4, 0.5) is 0 Å². The van der Waals surface area contributed by atoms with E-state index < -0.39 is 0 Å². The summed E-state index contributed by atoms with van der Waals surface area (Å²) in [6.07, 6.45) is 1.29. The lowest BCUT2D eigenvalue weighted by Crippen LogP contribution is -2.01. The van der Waals surface area contributed by atoms with Crippen molar-refractivity contribution in [2.75, 3.05) is 6.54 Å². The minimum absolute atomic E-state index is 0. The van der Waals surface area contributed by atoms with E-state index in [0.29, 0.717) is 0 Å². The van der Waals surface area contributed by atoms with Gasteiger partial charge in [0.2, 0.25) is 0 Å². The zero-order valence-corrected chi connectivity index (χ0v) is 8.68. The van der Waals surface area contributed by atoms with E-state index >= 15 is 0 Å². The number of benzene rings is 1. The molecule has 1 fully saturated rings. The van der Waals surface area contributed by atoms with Crippen molar-refractivity contribution >= 4 is 12.4 Å². The highest BCUT2D eigenvalue weighted by Gasteiger charge is 2.36. The fraction of sp³-hybridized carbons (Fsp3) is 0.455. The molecule has 0 saturated heterocycles. The predicted molar refractivity (Wildman–Crippen MR) is 58.3 cm³/mol. The molecule has 1 nitrogen and oxygen atoms in total. The Morgan fingerprint density at radius 1 is 1.31 bits per heavy atom. The van der Waals surface area contributed by atoms with Crippen LogP contribution in [0.2, 0.25) is 0 Å². The maximum absolute atomic E-state index is 5.59. The molecule has 1 aromatic rings. The van der Waals surface area contributed by atoms with E-state index in [2.05, 4.69) is 31.2 Å². The molecule has 0 aliphatic heterocycles. The molecule has 2 rings (SSSR count). The van der Waals surface area contributed by atoms with Crippen LogP contribution in [0.25, 0.3) is 0 Å². The summed E-state index contributed by atoms with van der Waals surface area (Å²) in [5, 5.41) is 0. The number of nitrogens with two attached hydrogens (primary N) is 1. The van der Waals surface area contributed by atoms with Crippen LogP contribution in [0, 0.1) is 12.8 Å². The van der Waals surface area contributed by atoms with Gasteiger partial charge in [-0.3, -0.25) is 0 Å². The topological polar surface area (TPSA) is 26.0 Å². The Hall–Kier alpha value is -0.530. The second-order valence-corrected chi connectivity index (χ2v) is 3.75. The summed E-state index contributed by atoms with van der Waals surface area (Å²) in [4.78, 5) is 0. The first-order chi connectivity index (χ1) is 5.81. The molecule has 13 heavy (non-hydrogen) atoms. The van der Waals surface area contributed by atoms with Crippen molar-refractivity contribution in [3.8, 4) is 0 Å². The third kappa shape index (κ3) is 2.23. The lowest BCUT2D eigenvalue weighted by molar-refractivity contribution is 0.809. The van der Waals surface area contributed by atoms with Gasteiger partial charge in [0.25, 0.3) is 0 Å². The minimum Gasteiger partial charge on any atom is -0.330 e. The molecule has 2 N–H and O–H groups in total. The summed E-state index contributed by atoms with van der Waals surface area (Å²) in [7, 11) is 0. The first kappa shape index (κ1) is 10.6. The molecule has 72 valence electrons. The highest BCUT2D eigenvalue weighted by molar-refractivity contribution is 5.85. The fourth-order valence-electron chi connectivity index (χ4n) is 1.73. The average molecular weight is 198 g/mol. The summed E-state index contributed by atoms with van der Waals surface area (Å²) >= 11 is 0. The van der Waals surface area contributed by atoms with Gasteiger partial charge in [0, 0.05) is 0 Å². The van der Waals surface area contributed by atoms with Gasteiger partial charge in [-0.2, -0.15) is 0 Å². The standard InChI is InChI=1S/C11H15N.ClH/c1-8-2-4-9(5-3-8)11-6-10(11)7-12;/h2-5,10-11H,6-7,12H2,1H3;1H/t10-,11-;/m1./s1. The Labute approximate surface area is 85.7 Å². The Morgan fingerprint density at radius 3 is 2.38 bits per heavy atom. The van der Waals surface area contributed by atoms with E-state index in [9.17, 15) is 0 Å². The Morgan fingerprint density at radius 2 is 1.92 bits per heavy atom. The van der Waals surface area contributed by atoms with Gasteiger partial charge in [0.05, 0.1) is 0 Å². The third-order valence-electron chi connectivity index (χ3n) is 2.73. The molecule has 1 aliphatic rings. The summed E-state index contributed by atoms with van der Waals surface area (Å²) in [6.45, 7) is 2.97. The van der Waals surface area contributed by atoms with E-state index in [0.717, 1.165) is 18.4 Å². The molecule has 0 heterocycles. The molecule has 1 aromatic carbocycles. The zero-order chi connectivity index (χ0) is 8.55. The molecule has 0 spiro atoms. The molecular formula is C11H16ClN. The first-order valence-electron chi connectivity index (χ1n) is 4.58. The van der Waals surface area contributed by atoms with Gasteiger partial charge in [-0.05, 0) is 37.3 Å². The molecule has 2 heteroatoms. The first-order valence-corrected chi connectivity index (χ1v) is 4.58. The van der Waals surface area contributed by atoms with Gasteiger partial charge >= 0.3 is 0 Å². The van der Waals surface area contributed by atoms with E-state index in [4.69, 9.17) is 5.73 Å². The summed E-state index contributed by atoms with van der Waals surface area (Å²) in [6, 6.07) is 8.83. The summed E-state index contributed by atoms with van der Waals surface area (Å²) < 4.78 is 0. The van der Waals surface area contributed by atoms with Crippen LogP contribution in [-0.2, 0) is 0 Å². The van der Waals surface area contributed by atoms with E-state index in [-0.39, 0.29) is 12.4 Å². The second-order valence-electron chi connectivity index (χ2n) is 3.75. The van der Waals surface area contributed by atoms with Gasteiger partial charge in [-0.15, -0.1) is 12.4 Å². The molecular weight excluding hydrogens is 182 g/mol. The van der Waals surface area contributed by atoms with Gasteiger partial charge in [0.15, 0.2) is 0 Å². The summed E-state index contributed by atoms with van der Waals surface area (Å²) in [5.74, 6) is 1.52. The molecule has 1 saturated carbocycles. The van der Waals surface area contributed by atoms with Crippen LogP contribution in [-0.4, -0.2) is 6.54 Å². The fourth-order valence-corrected chi connectivity index (χ4v) is 1.73. The Bertz CT molecular complexity index is 268. The summed E-state index contributed by atoms with van der Waals surface area (Å²) in [5.41, 5.74) is 8.40. The Balaban J connectivity index is 0.000000845. The molecule has 0 bridgehead atoms. The van der Waals surface area contributed by atoms with Crippen LogP contribution in [0.5, 0.6) is 0 Å². The van der Waals surface area contributed by atoms with Crippen molar-refractivity contribution in [3.63, 3.8) is 0 Å². The van der Waals surface area contributed by atoms with Crippen molar-refractivity contribution in [1.29, 1.82) is 0 Å². The molecule has 0 aromatic heterocycles. The van der Waals surface area contributed by atoms with Gasteiger partial charge in [-0.25, -0.2) is 0 Å². The van der Waals surface area contributed by atoms with Crippen LogP contribution in [0.3, 0.4) is 0 Å². The van der Waals surface area contributed by atoms with Crippen molar-refractivity contribution < 1.29 is 0 Å². The Kier molecular flexibility index (Phi) is 3.34. The maximum Gasteiger partial charge on any atom is -0.00428 e. The quantitative estimate of drug-likeness (QED) is 0.775. The molecule has 2 atom stereocenters. The van der Waals surface area contributed by atoms with Crippen molar-refractivity contribution in [1.82, 2.24) is 0 Å². The third-order valence-corrected chi connectivity index (χ3v) is 2.73. The number of hydrogen-bond acceptors (Lipinski definition) is 1. The molecule has 1 aliphatic carbocycles. The van der Waals surface area contributed by atoms with Crippen LogP contribution in [0.15, 0.2) is 24.3 Å². The average Bonchev–Trinajstić information content (AvgIpc) is 2.85. The van der Waals surface area contributed by atoms with E-state index in [1.54, 1.807) is 0 Å². The van der Waals surface area contributed by atoms with Crippen LogP contribution < -0.4 is 5.73 Å². The lowest BCUT2D eigenvalue weighted by atomic mass is 10.1. The lowest BCUT2D eigenvalue weighted by Gasteiger charge is -1.99. The second kappa shape index (κ2) is 4.12. The number of halogens is 1. The maximum atomic E-state index is 5.59. The van der Waals surface area contributed by atoms with Gasteiger partial charge in [-0.1, -0.05) is 29.8 Å². The highest BCUT2D eigenvalue weighted by Crippen LogP contribution is 2.46. The SMILES string of the molecule is Cc1ccc([C@H]2C[C@@H]2CN)cc1.Cl. The minimum atomic E-state index is 0. The monoisotopic (exact) mass is 197 g/mol. The highest BCUT2D eigenvalue weighted by atomic mass is 35.5. The largest absolute Gasteiger partial charge is 0.330 e. The number of aryl methyl sites for hydroxylation is 1. The van der Waals surface area contributed by atoms with Crippen molar-refractivity contribution in [2.45, 2.75) is 19.3 Å². The molecule has 0 radical (unpaired) electrons. The normalized spacial score (nSPS) is 25.1. The van der Waals surface area contributed by atoms with E-state index in [1.165, 1.54) is 17.5 Å². The number of rotatable bonds is 2. The van der Waals surface area contributed by atoms with Crippen molar-refractivity contribution in [2.24, 2.45) is 11.7 Å². The zero-order valence-electron chi connectivity index (χ0n) is 7.86. The van der Waals surface area contributed by atoms with Crippen molar-refractivity contribution in [3.05, 3.63) is 35.4 Å². The van der Waals surface area contributed by atoms with Crippen LogP contribution in [0.1, 0.15) is 23.5 Å². The predicted octanol–water partition coefficient (Wildman–Crippen LogP) is 2.48. The smallest absolute Gasteiger partial charge is 0.00428 e. The van der Waals surface area contributed by atoms with E-state index in [1.807, 2.05) is 0 Å². The molecule has 0 amide bonds. The van der Waals surface area contributed by atoms with Gasteiger partial charge in [0.1, 0.15) is 0 Å². The van der Waals surface area contributed by atoms with Gasteiger partial charge < -0.3 is 5.73 Å². The van der Waals surface area contributed by atoms with Crippen LogP contribution >= 0.6 is 12.4 Å². The number of hydrogen-bond donors (Lipinski definition) is 1.